The molecule has 2 aliphatic rings. The van der Waals surface area contributed by atoms with Crippen molar-refractivity contribution in [3.05, 3.63) is 35.9 Å². The lowest BCUT2D eigenvalue weighted by molar-refractivity contribution is 0.100. The van der Waals surface area contributed by atoms with E-state index in [0.717, 1.165) is 17.5 Å². The van der Waals surface area contributed by atoms with Crippen molar-refractivity contribution in [3.8, 4) is 0 Å². The van der Waals surface area contributed by atoms with Crippen molar-refractivity contribution in [3.63, 3.8) is 0 Å². The normalized spacial score (nSPS) is 22.1. The smallest absolute Gasteiger partial charge is 0.279 e. The van der Waals surface area contributed by atoms with E-state index in [1.54, 1.807) is 11.8 Å². The van der Waals surface area contributed by atoms with Crippen LogP contribution in [0.5, 0.6) is 0 Å². The molecule has 0 N–H and O–H groups in total. The summed E-state index contributed by atoms with van der Waals surface area (Å²) < 4.78 is 0. The first-order valence-electron chi connectivity index (χ1n) is 5.92. The molecular formula is C13H14N2OS. The summed E-state index contributed by atoms with van der Waals surface area (Å²) in [5.41, 5.74) is 0.670. The van der Waals surface area contributed by atoms with Gasteiger partial charge in [-0.05, 0) is 25.0 Å². The van der Waals surface area contributed by atoms with Crippen LogP contribution in [0, 0.1) is 0 Å². The van der Waals surface area contributed by atoms with E-state index in [1.165, 1.54) is 12.8 Å². The van der Waals surface area contributed by atoms with Crippen LogP contribution in [0.1, 0.15) is 23.2 Å². The number of benzene rings is 1. The highest BCUT2D eigenvalue weighted by atomic mass is 32.2. The third-order valence-electron chi connectivity index (χ3n) is 3.01. The standard InChI is InChI=1S/C13H14N2OS/c16-12(10-4-2-1-3-5-10)14-13-15(8-9-17-13)11-6-7-11/h1-5,11H,6-9H2. The lowest BCUT2D eigenvalue weighted by Gasteiger charge is -2.15. The highest BCUT2D eigenvalue weighted by Gasteiger charge is 2.34. The number of amidine groups is 1. The highest BCUT2D eigenvalue weighted by Crippen LogP contribution is 2.33. The minimum absolute atomic E-state index is 0.124. The van der Waals surface area contributed by atoms with Gasteiger partial charge >= 0.3 is 0 Å². The Morgan fingerprint density at radius 2 is 2.06 bits per heavy atom. The molecule has 1 aromatic carbocycles. The van der Waals surface area contributed by atoms with Gasteiger partial charge in [0, 0.05) is 23.9 Å². The third-order valence-corrected chi connectivity index (χ3v) is 3.99. The molecule has 1 amide bonds. The maximum absolute atomic E-state index is 12.0. The van der Waals surface area contributed by atoms with Crippen LogP contribution in [-0.2, 0) is 0 Å². The quantitative estimate of drug-likeness (QED) is 0.803. The fourth-order valence-electron chi connectivity index (χ4n) is 1.97. The zero-order valence-corrected chi connectivity index (χ0v) is 10.3. The molecule has 0 bridgehead atoms. The maximum atomic E-state index is 12.0. The van der Waals surface area contributed by atoms with Gasteiger partial charge < -0.3 is 4.90 Å². The number of rotatable bonds is 2. The summed E-state index contributed by atoms with van der Waals surface area (Å²) in [6.07, 6.45) is 2.50. The number of thioether (sulfide) groups is 1. The van der Waals surface area contributed by atoms with Crippen LogP contribution in [-0.4, -0.2) is 34.3 Å². The molecule has 4 heteroatoms. The SMILES string of the molecule is O=C(N=C1SCCN1C1CC1)c1ccccc1. The third kappa shape index (κ3) is 2.36. The van der Waals surface area contributed by atoms with Gasteiger partial charge in [-0.3, -0.25) is 4.79 Å². The van der Waals surface area contributed by atoms with E-state index in [-0.39, 0.29) is 5.91 Å². The van der Waals surface area contributed by atoms with Gasteiger partial charge in [-0.15, -0.1) is 0 Å². The van der Waals surface area contributed by atoms with E-state index in [2.05, 4.69) is 9.89 Å². The van der Waals surface area contributed by atoms with E-state index in [1.807, 2.05) is 30.3 Å². The van der Waals surface area contributed by atoms with E-state index in [0.29, 0.717) is 11.6 Å². The van der Waals surface area contributed by atoms with Crippen molar-refractivity contribution in [2.75, 3.05) is 12.3 Å². The number of hydrogen-bond acceptors (Lipinski definition) is 2. The molecule has 2 fully saturated rings. The summed E-state index contributed by atoms with van der Waals surface area (Å²) in [5.74, 6) is 0.929. The van der Waals surface area contributed by atoms with E-state index in [9.17, 15) is 4.79 Å². The first-order chi connectivity index (χ1) is 8.34. The molecule has 3 rings (SSSR count). The zero-order chi connectivity index (χ0) is 11.7. The first kappa shape index (κ1) is 10.8. The molecule has 1 aromatic rings. The fraction of sp³-hybridized carbons (Fsp3) is 0.385. The first-order valence-corrected chi connectivity index (χ1v) is 6.90. The summed E-state index contributed by atoms with van der Waals surface area (Å²) in [5, 5.41) is 0.918. The van der Waals surface area contributed by atoms with Crippen LogP contribution in [0.4, 0.5) is 0 Å². The maximum Gasteiger partial charge on any atom is 0.279 e. The van der Waals surface area contributed by atoms with Crippen molar-refractivity contribution < 1.29 is 4.79 Å². The average molecular weight is 246 g/mol. The minimum Gasteiger partial charge on any atom is -0.347 e. The number of amides is 1. The van der Waals surface area contributed by atoms with E-state index < -0.39 is 0 Å². The van der Waals surface area contributed by atoms with Crippen LogP contribution in [0.3, 0.4) is 0 Å². The minimum atomic E-state index is -0.124. The van der Waals surface area contributed by atoms with Crippen molar-refractivity contribution in [2.24, 2.45) is 4.99 Å². The summed E-state index contributed by atoms with van der Waals surface area (Å²) in [6, 6.07) is 9.92. The monoisotopic (exact) mass is 246 g/mol. The van der Waals surface area contributed by atoms with Crippen molar-refractivity contribution in [2.45, 2.75) is 18.9 Å². The number of carbonyl (C=O) groups is 1. The fourth-order valence-corrected chi connectivity index (χ4v) is 2.99. The molecule has 17 heavy (non-hydrogen) atoms. The molecule has 88 valence electrons. The average Bonchev–Trinajstić information content (AvgIpc) is 3.11. The predicted octanol–water partition coefficient (Wildman–Crippen LogP) is 2.39. The lowest BCUT2D eigenvalue weighted by Crippen LogP contribution is -2.27. The van der Waals surface area contributed by atoms with Crippen molar-refractivity contribution >= 4 is 22.8 Å². The number of nitrogens with zero attached hydrogens (tertiary/aromatic N) is 2. The molecule has 1 saturated heterocycles. The number of carbonyl (C=O) groups excluding carboxylic acids is 1. The molecule has 3 nitrogen and oxygen atoms in total. The Labute approximate surface area is 105 Å². The Morgan fingerprint density at radius 1 is 1.29 bits per heavy atom. The van der Waals surface area contributed by atoms with Crippen LogP contribution in [0.2, 0.25) is 0 Å². The molecule has 1 saturated carbocycles. The Kier molecular flexibility index (Phi) is 2.89. The number of aliphatic imine (C=N–C) groups is 1. The van der Waals surface area contributed by atoms with E-state index in [4.69, 9.17) is 0 Å². The van der Waals surface area contributed by atoms with Gasteiger partial charge in [0.2, 0.25) is 0 Å². The molecule has 0 unspecified atom stereocenters. The predicted molar refractivity (Wildman–Crippen MR) is 70.4 cm³/mol. The van der Waals surface area contributed by atoms with Gasteiger partial charge in [-0.1, -0.05) is 30.0 Å². The topological polar surface area (TPSA) is 32.7 Å². The van der Waals surface area contributed by atoms with Crippen LogP contribution < -0.4 is 0 Å². The second kappa shape index (κ2) is 4.53. The molecule has 1 aliphatic heterocycles. The summed E-state index contributed by atoms with van der Waals surface area (Å²) in [6.45, 7) is 1.04. The van der Waals surface area contributed by atoms with Gasteiger partial charge in [0.05, 0.1) is 0 Å². The Hall–Kier alpha value is -1.29. The van der Waals surface area contributed by atoms with Crippen LogP contribution in [0.15, 0.2) is 35.3 Å². The van der Waals surface area contributed by atoms with Crippen LogP contribution in [0.25, 0.3) is 0 Å². The number of hydrogen-bond donors (Lipinski definition) is 0. The summed E-state index contributed by atoms with van der Waals surface area (Å²) >= 11 is 1.70. The molecule has 0 radical (unpaired) electrons. The molecule has 0 atom stereocenters. The Morgan fingerprint density at radius 3 is 2.76 bits per heavy atom. The van der Waals surface area contributed by atoms with Gasteiger partial charge in [0.25, 0.3) is 5.91 Å². The van der Waals surface area contributed by atoms with Crippen LogP contribution >= 0.6 is 11.8 Å². The van der Waals surface area contributed by atoms with Gasteiger partial charge in [-0.2, -0.15) is 4.99 Å². The van der Waals surface area contributed by atoms with Crippen molar-refractivity contribution in [1.29, 1.82) is 0 Å². The molecule has 0 aromatic heterocycles. The Bertz CT molecular complexity index is 454. The molecule has 0 spiro atoms. The second-order valence-corrected chi connectivity index (χ2v) is 5.40. The van der Waals surface area contributed by atoms with Gasteiger partial charge in [-0.25, -0.2) is 0 Å². The van der Waals surface area contributed by atoms with Gasteiger partial charge in [0.15, 0.2) is 5.17 Å². The summed E-state index contributed by atoms with van der Waals surface area (Å²) in [7, 11) is 0. The molecular weight excluding hydrogens is 232 g/mol. The largest absolute Gasteiger partial charge is 0.347 e. The highest BCUT2D eigenvalue weighted by molar-refractivity contribution is 8.14. The van der Waals surface area contributed by atoms with Gasteiger partial charge in [0.1, 0.15) is 0 Å². The summed E-state index contributed by atoms with van der Waals surface area (Å²) in [4.78, 5) is 18.5. The Balaban J connectivity index is 1.78. The second-order valence-electron chi connectivity index (χ2n) is 4.34. The zero-order valence-electron chi connectivity index (χ0n) is 9.50. The van der Waals surface area contributed by atoms with Crippen molar-refractivity contribution in [1.82, 2.24) is 4.90 Å². The lowest BCUT2D eigenvalue weighted by atomic mass is 10.2. The molecule has 1 aliphatic carbocycles. The van der Waals surface area contributed by atoms with E-state index >= 15 is 0 Å². The molecule has 1 heterocycles.